The molecule has 0 saturated carbocycles. The maximum absolute atomic E-state index is 5.64. The van der Waals surface area contributed by atoms with Crippen LogP contribution in [0.15, 0.2) is 23.7 Å². The van der Waals surface area contributed by atoms with E-state index in [-0.39, 0.29) is 0 Å². The molecule has 0 aromatic rings. The topological polar surface area (TPSA) is 18.5 Å². The number of unbranched alkanes of at least 4 members (excludes halogenated alkanes) is 1. The smallest absolute Gasteiger partial charge is 0.156 e. The first-order valence-corrected chi connectivity index (χ1v) is 6.14. The molecule has 14 heavy (non-hydrogen) atoms. The lowest BCUT2D eigenvalue weighted by atomic mass is 10.1. The van der Waals surface area contributed by atoms with E-state index in [1.807, 2.05) is 0 Å². The zero-order valence-corrected chi connectivity index (χ0v) is 10.2. The average molecular weight is 261 g/mol. The first kappa shape index (κ1) is 11.6. The molecule has 0 fully saturated rings. The molecule has 0 aliphatic heterocycles. The number of hydrogen-bond donors (Lipinski definition) is 0. The average Bonchev–Trinajstić information content (AvgIpc) is 2.25. The number of methoxy groups -OCH3 is 1. The summed E-state index contributed by atoms with van der Waals surface area (Å²) in [6.45, 7) is 0.776. The van der Waals surface area contributed by atoms with E-state index in [1.165, 1.54) is 0 Å². The third-order valence-corrected chi connectivity index (χ3v) is 2.64. The summed E-state index contributed by atoms with van der Waals surface area (Å²) in [6, 6.07) is 0. The van der Waals surface area contributed by atoms with Crippen LogP contribution in [0.1, 0.15) is 25.7 Å². The summed E-state index contributed by atoms with van der Waals surface area (Å²) >= 11 is 3.39. The van der Waals surface area contributed by atoms with Gasteiger partial charge in [-0.15, -0.1) is 0 Å². The summed E-state index contributed by atoms with van der Waals surface area (Å²) in [7, 11) is 1.69. The zero-order valence-electron chi connectivity index (χ0n) is 8.59. The lowest BCUT2D eigenvalue weighted by Crippen LogP contribution is -2.03. The summed E-state index contributed by atoms with van der Waals surface area (Å²) in [5.74, 6) is 1.79. The highest BCUT2D eigenvalue weighted by molar-refractivity contribution is 9.09. The van der Waals surface area contributed by atoms with Crippen LogP contribution in [-0.2, 0) is 9.47 Å². The van der Waals surface area contributed by atoms with Crippen molar-refractivity contribution >= 4 is 15.9 Å². The molecule has 0 radical (unpaired) electrons. The van der Waals surface area contributed by atoms with Crippen molar-refractivity contribution in [1.82, 2.24) is 0 Å². The Hall–Kier alpha value is -0.440. The molecule has 0 unspecified atom stereocenters. The van der Waals surface area contributed by atoms with Crippen LogP contribution in [-0.4, -0.2) is 19.0 Å². The lowest BCUT2D eigenvalue weighted by Gasteiger charge is -2.15. The van der Waals surface area contributed by atoms with Crippen molar-refractivity contribution in [3.63, 3.8) is 0 Å². The van der Waals surface area contributed by atoms with E-state index in [0.29, 0.717) is 0 Å². The fraction of sp³-hybridized carbons (Fsp3) is 0.636. The van der Waals surface area contributed by atoms with Crippen molar-refractivity contribution in [2.45, 2.75) is 25.7 Å². The molecule has 0 heterocycles. The normalized spacial score (nSPS) is 15.9. The molecule has 80 valence electrons. The summed E-state index contributed by atoms with van der Waals surface area (Å²) in [4.78, 5) is 0. The van der Waals surface area contributed by atoms with Crippen LogP contribution in [0.4, 0.5) is 0 Å². The van der Waals surface area contributed by atoms with Gasteiger partial charge in [-0.3, -0.25) is 0 Å². The molecule has 0 amide bonds. The third kappa shape index (κ3) is 3.74. The Kier molecular flexibility index (Phi) is 5.76. The predicted octanol–water partition coefficient (Wildman–Crippen LogP) is 3.39. The van der Waals surface area contributed by atoms with E-state index in [4.69, 9.17) is 9.47 Å². The summed E-state index contributed by atoms with van der Waals surface area (Å²) in [5.41, 5.74) is 0. The van der Waals surface area contributed by atoms with Gasteiger partial charge >= 0.3 is 0 Å². The van der Waals surface area contributed by atoms with Gasteiger partial charge in [-0.25, -0.2) is 0 Å². The second kappa shape index (κ2) is 6.93. The van der Waals surface area contributed by atoms with Gasteiger partial charge in [0, 0.05) is 5.33 Å². The highest BCUT2D eigenvalue weighted by Gasteiger charge is 2.09. The first-order chi connectivity index (χ1) is 6.88. The van der Waals surface area contributed by atoms with Gasteiger partial charge < -0.3 is 9.47 Å². The SMILES string of the molecule is COC1=CCCC=C1OCCCCBr. The van der Waals surface area contributed by atoms with Gasteiger partial charge in [0.15, 0.2) is 11.5 Å². The van der Waals surface area contributed by atoms with E-state index < -0.39 is 0 Å². The van der Waals surface area contributed by atoms with Crippen LogP contribution >= 0.6 is 15.9 Å². The number of alkyl halides is 1. The maximum Gasteiger partial charge on any atom is 0.156 e. The van der Waals surface area contributed by atoms with Crippen molar-refractivity contribution in [2.75, 3.05) is 19.0 Å². The molecule has 0 atom stereocenters. The highest BCUT2D eigenvalue weighted by atomic mass is 79.9. The Morgan fingerprint density at radius 2 is 1.93 bits per heavy atom. The van der Waals surface area contributed by atoms with Crippen molar-refractivity contribution in [3.05, 3.63) is 23.7 Å². The first-order valence-electron chi connectivity index (χ1n) is 5.02. The Morgan fingerprint density at radius 3 is 2.57 bits per heavy atom. The zero-order chi connectivity index (χ0) is 10.2. The number of ether oxygens (including phenoxy) is 2. The van der Waals surface area contributed by atoms with Crippen LogP contribution in [0.5, 0.6) is 0 Å². The number of halogens is 1. The van der Waals surface area contributed by atoms with Crippen molar-refractivity contribution in [1.29, 1.82) is 0 Å². The summed E-state index contributed by atoms with van der Waals surface area (Å²) in [5, 5.41) is 1.04. The molecule has 0 N–H and O–H groups in total. The molecule has 1 rings (SSSR count). The number of rotatable bonds is 6. The second-order valence-electron chi connectivity index (χ2n) is 3.16. The monoisotopic (exact) mass is 260 g/mol. The quantitative estimate of drug-likeness (QED) is 0.539. The van der Waals surface area contributed by atoms with Gasteiger partial charge in [0.2, 0.25) is 0 Å². The lowest BCUT2D eigenvalue weighted by molar-refractivity contribution is 0.170. The van der Waals surface area contributed by atoms with E-state index in [0.717, 1.165) is 49.1 Å². The minimum atomic E-state index is 0.776. The van der Waals surface area contributed by atoms with Crippen molar-refractivity contribution < 1.29 is 9.47 Å². The maximum atomic E-state index is 5.64. The summed E-state index contributed by atoms with van der Waals surface area (Å²) in [6.07, 6.45) is 8.53. The summed E-state index contributed by atoms with van der Waals surface area (Å²) < 4.78 is 10.9. The van der Waals surface area contributed by atoms with E-state index in [2.05, 4.69) is 28.1 Å². The highest BCUT2D eigenvalue weighted by Crippen LogP contribution is 2.20. The second-order valence-corrected chi connectivity index (χ2v) is 3.96. The van der Waals surface area contributed by atoms with Crippen LogP contribution in [0, 0.1) is 0 Å². The Labute approximate surface area is 94.1 Å². The van der Waals surface area contributed by atoms with E-state index >= 15 is 0 Å². The van der Waals surface area contributed by atoms with E-state index in [1.54, 1.807) is 7.11 Å². The third-order valence-electron chi connectivity index (χ3n) is 2.07. The molecular weight excluding hydrogens is 244 g/mol. The van der Waals surface area contributed by atoms with Crippen molar-refractivity contribution in [3.8, 4) is 0 Å². The standard InChI is InChI=1S/C11H17BrO2/c1-13-10-6-2-3-7-11(10)14-9-5-4-8-12/h6-7H,2-5,8-9H2,1H3. The molecule has 0 aromatic heterocycles. The molecule has 1 aliphatic carbocycles. The number of hydrogen-bond acceptors (Lipinski definition) is 2. The van der Waals surface area contributed by atoms with Crippen molar-refractivity contribution in [2.24, 2.45) is 0 Å². The van der Waals surface area contributed by atoms with E-state index in [9.17, 15) is 0 Å². The van der Waals surface area contributed by atoms with Gasteiger partial charge in [-0.1, -0.05) is 15.9 Å². The van der Waals surface area contributed by atoms with Gasteiger partial charge in [-0.2, -0.15) is 0 Å². The fourth-order valence-electron chi connectivity index (χ4n) is 1.32. The molecule has 0 aromatic carbocycles. The van der Waals surface area contributed by atoms with Crippen LogP contribution in [0.2, 0.25) is 0 Å². The minimum absolute atomic E-state index is 0.776. The van der Waals surface area contributed by atoms with Gasteiger partial charge in [0.05, 0.1) is 13.7 Å². The molecule has 1 aliphatic rings. The molecular formula is C11H17BrO2. The predicted molar refractivity (Wildman–Crippen MR) is 61.4 cm³/mol. The molecule has 0 bridgehead atoms. The molecule has 0 saturated heterocycles. The fourth-order valence-corrected chi connectivity index (χ4v) is 1.72. The van der Waals surface area contributed by atoms with Crippen LogP contribution in [0.3, 0.4) is 0 Å². The van der Waals surface area contributed by atoms with Gasteiger partial charge in [0.1, 0.15) is 0 Å². The number of allylic oxidation sites excluding steroid dienone is 2. The Bertz CT molecular complexity index is 221. The molecule has 2 nitrogen and oxygen atoms in total. The largest absolute Gasteiger partial charge is 0.493 e. The van der Waals surface area contributed by atoms with Crippen LogP contribution in [0.25, 0.3) is 0 Å². The molecule has 3 heteroatoms. The molecule has 0 spiro atoms. The van der Waals surface area contributed by atoms with Crippen LogP contribution < -0.4 is 0 Å². The minimum Gasteiger partial charge on any atom is -0.493 e. The van der Waals surface area contributed by atoms with Gasteiger partial charge in [-0.05, 0) is 37.8 Å². The Balaban J connectivity index is 2.28. The van der Waals surface area contributed by atoms with Gasteiger partial charge in [0.25, 0.3) is 0 Å². The Morgan fingerprint density at radius 1 is 1.21 bits per heavy atom.